The highest BCUT2D eigenvalue weighted by molar-refractivity contribution is 6.21. The molecule has 1 heterocycles. The molecule has 3 amide bonds. The SMILES string of the molecule is O=C1CC(=O)N(c2ccc(NC(=O)c3ccccc3C(F)(F)F)cc2)c2ccc3ccccc3c2N1. The molecule has 4 aromatic carbocycles. The molecule has 0 spiro atoms. The van der Waals surface area contributed by atoms with Crippen molar-refractivity contribution in [3.05, 3.63) is 96.1 Å². The predicted octanol–water partition coefficient (Wildman–Crippen LogP) is 6.12. The van der Waals surface area contributed by atoms with E-state index in [2.05, 4.69) is 10.6 Å². The Balaban J connectivity index is 1.47. The van der Waals surface area contributed by atoms with Gasteiger partial charge in [-0.15, -0.1) is 0 Å². The van der Waals surface area contributed by atoms with Gasteiger partial charge in [0.25, 0.3) is 5.91 Å². The molecule has 0 fully saturated rings. The van der Waals surface area contributed by atoms with Crippen LogP contribution >= 0.6 is 0 Å². The summed E-state index contributed by atoms with van der Waals surface area (Å²) in [6.45, 7) is 0. The minimum Gasteiger partial charge on any atom is -0.323 e. The Morgan fingerprint density at radius 1 is 0.861 bits per heavy atom. The Labute approximate surface area is 203 Å². The molecule has 0 saturated heterocycles. The van der Waals surface area contributed by atoms with Crippen molar-refractivity contribution < 1.29 is 27.6 Å². The molecule has 0 aliphatic carbocycles. The fraction of sp³-hybridized carbons (Fsp3) is 0.0741. The average Bonchev–Trinajstić information content (AvgIpc) is 2.98. The summed E-state index contributed by atoms with van der Waals surface area (Å²) < 4.78 is 39.8. The quantitative estimate of drug-likeness (QED) is 0.341. The second-order valence-electron chi connectivity index (χ2n) is 8.18. The number of alkyl halides is 3. The van der Waals surface area contributed by atoms with Crippen LogP contribution in [0.1, 0.15) is 22.3 Å². The summed E-state index contributed by atoms with van der Waals surface area (Å²) in [6, 6.07) is 21.6. The van der Waals surface area contributed by atoms with Crippen molar-refractivity contribution in [3.8, 4) is 0 Å². The van der Waals surface area contributed by atoms with E-state index in [9.17, 15) is 27.6 Å². The first kappa shape index (κ1) is 23.1. The topological polar surface area (TPSA) is 78.5 Å². The molecule has 9 heteroatoms. The molecule has 1 aliphatic heterocycles. The van der Waals surface area contributed by atoms with Gasteiger partial charge < -0.3 is 10.6 Å². The first-order valence-electron chi connectivity index (χ1n) is 10.9. The number of hydrogen-bond donors (Lipinski definition) is 2. The van der Waals surface area contributed by atoms with Gasteiger partial charge >= 0.3 is 6.18 Å². The fourth-order valence-electron chi connectivity index (χ4n) is 4.22. The van der Waals surface area contributed by atoms with Gasteiger partial charge in [0.05, 0.1) is 22.5 Å². The molecule has 0 aromatic heterocycles. The van der Waals surface area contributed by atoms with E-state index in [1.807, 2.05) is 30.3 Å². The van der Waals surface area contributed by atoms with Crippen LogP contribution in [0.15, 0.2) is 84.9 Å². The van der Waals surface area contributed by atoms with E-state index in [1.165, 1.54) is 29.2 Å². The van der Waals surface area contributed by atoms with E-state index in [-0.39, 0.29) is 12.1 Å². The molecule has 1 aliphatic rings. The summed E-state index contributed by atoms with van der Waals surface area (Å²) in [5.74, 6) is -1.79. The highest BCUT2D eigenvalue weighted by Crippen LogP contribution is 2.40. The summed E-state index contributed by atoms with van der Waals surface area (Å²) >= 11 is 0. The number of halogens is 3. The van der Waals surface area contributed by atoms with Crippen LogP contribution in [0.2, 0.25) is 0 Å². The van der Waals surface area contributed by atoms with Crippen LogP contribution in [0.4, 0.5) is 35.9 Å². The summed E-state index contributed by atoms with van der Waals surface area (Å²) in [5.41, 5.74) is 0.139. The van der Waals surface area contributed by atoms with Crippen molar-refractivity contribution in [3.63, 3.8) is 0 Å². The fourth-order valence-corrected chi connectivity index (χ4v) is 4.22. The third-order valence-electron chi connectivity index (χ3n) is 5.83. The molecule has 180 valence electrons. The summed E-state index contributed by atoms with van der Waals surface area (Å²) in [4.78, 5) is 39.4. The number of hydrogen-bond acceptors (Lipinski definition) is 3. The molecule has 0 atom stereocenters. The Kier molecular flexibility index (Phi) is 5.68. The lowest BCUT2D eigenvalue weighted by molar-refractivity contribution is -0.138. The number of fused-ring (bicyclic) bond motifs is 3. The van der Waals surface area contributed by atoms with E-state index < -0.39 is 35.0 Å². The highest BCUT2D eigenvalue weighted by atomic mass is 19.4. The van der Waals surface area contributed by atoms with Gasteiger partial charge in [0.15, 0.2) is 0 Å². The number of nitrogens with zero attached hydrogens (tertiary/aromatic N) is 1. The zero-order chi connectivity index (χ0) is 25.4. The standard InChI is InChI=1S/C27H18F3N3O3/c28-27(29,30)21-8-4-3-7-20(21)26(36)31-17-10-12-18(13-11-17)33-22-14-9-16-5-1-2-6-19(16)25(22)32-23(34)15-24(33)35/h1-14H,15H2,(H,31,36)(H,32,34). The van der Waals surface area contributed by atoms with Crippen molar-refractivity contribution in [1.29, 1.82) is 0 Å². The summed E-state index contributed by atoms with van der Waals surface area (Å²) in [6.07, 6.45) is -5.04. The molecule has 2 N–H and O–H groups in total. The molecular weight excluding hydrogens is 471 g/mol. The van der Waals surface area contributed by atoms with Gasteiger partial charge in [-0.3, -0.25) is 19.3 Å². The zero-order valence-corrected chi connectivity index (χ0v) is 18.6. The Hall–Kier alpha value is -4.66. The Morgan fingerprint density at radius 2 is 1.56 bits per heavy atom. The first-order valence-corrected chi connectivity index (χ1v) is 10.9. The number of nitrogens with one attached hydrogen (secondary N) is 2. The highest BCUT2D eigenvalue weighted by Gasteiger charge is 2.35. The maximum absolute atomic E-state index is 13.3. The van der Waals surface area contributed by atoms with Crippen LogP contribution in [0.25, 0.3) is 10.8 Å². The lowest BCUT2D eigenvalue weighted by atomic mass is 10.1. The maximum Gasteiger partial charge on any atom is 0.417 e. The van der Waals surface area contributed by atoms with Gasteiger partial charge in [0.1, 0.15) is 6.42 Å². The zero-order valence-electron chi connectivity index (χ0n) is 18.6. The van der Waals surface area contributed by atoms with Crippen LogP contribution in [0.5, 0.6) is 0 Å². The Morgan fingerprint density at radius 3 is 2.31 bits per heavy atom. The Bertz CT molecular complexity index is 1510. The van der Waals surface area contributed by atoms with Crippen LogP contribution in [0, 0.1) is 0 Å². The van der Waals surface area contributed by atoms with Gasteiger partial charge in [0.2, 0.25) is 11.8 Å². The monoisotopic (exact) mass is 489 g/mol. The molecule has 0 saturated carbocycles. The second kappa shape index (κ2) is 8.84. The van der Waals surface area contributed by atoms with Crippen molar-refractivity contribution in [2.75, 3.05) is 15.5 Å². The lowest BCUT2D eigenvalue weighted by Crippen LogP contribution is -2.26. The molecule has 0 radical (unpaired) electrons. The molecule has 5 rings (SSSR count). The smallest absolute Gasteiger partial charge is 0.323 e. The van der Waals surface area contributed by atoms with Crippen molar-refractivity contribution >= 4 is 51.2 Å². The summed E-state index contributed by atoms with van der Waals surface area (Å²) in [7, 11) is 0. The average molecular weight is 489 g/mol. The maximum atomic E-state index is 13.3. The van der Waals surface area contributed by atoms with Crippen LogP contribution in [0.3, 0.4) is 0 Å². The van der Waals surface area contributed by atoms with Crippen LogP contribution in [-0.4, -0.2) is 17.7 Å². The van der Waals surface area contributed by atoms with Gasteiger partial charge in [-0.2, -0.15) is 13.2 Å². The van der Waals surface area contributed by atoms with Gasteiger partial charge in [0, 0.05) is 16.8 Å². The van der Waals surface area contributed by atoms with Crippen molar-refractivity contribution in [1.82, 2.24) is 0 Å². The largest absolute Gasteiger partial charge is 0.417 e. The number of benzene rings is 4. The number of anilines is 4. The first-order chi connectivity index (χ1) is 17.2. The molecule has 0 unspecified atom stereocenters. The molecule has 0 bridgehead atoms. The van der Waals surface area contributed by atoms with E-state index in [1.54, 1.807) is 18.2 Å². The van der Waals surface area contributed by atoms with E-state index in [4.69, 9.17) is 0 Å². The number of carbonyl (C=O) groups is 3. The third kappa shape index (κ3) is 4.26. The number of amides is 3. The van der Waals surface area contributed by atoms with Gasteiger partial charge in [-0.1, -0.05) is 42.5 Å². The lowest BCUT2D eigenvalue weighted by Gasteiger charge is -2.23. The van der Waals surface area contributed by atoms with Crippen LogP contribution < -0.4 is 15.5 Å². The van der Waals surface area contributed by atoms with Crippen LogP contribution in [-0.2, 0) is 15.8 Å². The van der Waals surface area contributed by atoms with Crippen molar-refractivity contribution in [2.24, 2.45) is 0 Å². The molecule has 36 heavy (non-hydrogen) atoms. The molecular formula is C27H18F3N3O3. The van der Waals surface area contributed by atoms with E-state index >= 15 is 0 Å². The third-order valence-corrected chi connectivity index (χ3v) is 5.83. The predicted molar refractivity (Wildman–Crippen MR) is 130 cm³/mol. The number of carbonyl (C=O) groups excluding carboxylic acids is 3. The second-order valence-corrected chi connectivity index (χ2v) is 8.18. The summed E-state index contributed by atoms with van der Waals surface area (Å²) in [5, 5.41) is 6.95. The van der Waals surface area contributed by atoms with E-state index in [0.717, 1.165) is 22.9 Å². The van der Waals surface area contributed by atoms with Gasteiger partial charge in [-0.05, 0) is 47.9 Å². The van der Waals surface area contributed by atoms with Crippen molar-refractivity contribution in [2.45, 2.75) is 12.6 Å². The molecule has 4 aromatic rings. The minimum absolute atomic E-state index is 0.246. The molecule has 6 nitrogen and oxygen atoms in total. The minimum atomic E-state index is -4.67. The normalized spacial score (nSPS) is 13.7. The van der Waals surface area contributed by atoms with E-state index in [0.29, 0.717) is 17.1 Å². The number of rotatable bonds is 3. The van der Waals surface area contributed by atoms with Gasteiger partial charge in [-0.25, -0.2) is 0 Å².